The molecular formula is C12H15N3O3S. The molecule has 1 saturated carbocycles. The third-order valence-corrected chi connectivity index (χ3v) is 4.95. The minimum Gasteiger partial charge on any atom is -0.397 e. The molecule has 0 bridgehead atoms. The van der Waals surface area contributed by atoms with Crippen LogP contribution in [0.3, 0.4) is 0 Å². The zero-order chi connectivity index (χ0) is 13.8. The maximum atomic E-state index is 12.1. The lowest BCUT2D eigenvalue weighted by atomic mass is 10.1. The van der Waals surface area contributed by atoms with Gasteiger partial charge in [0.2, 0.25) is 15.9 Å². The molecule has 0 unspecified atom stereocenters. The molecule has 1 aliphatic heterocycles. The van der Waals surface area contributed by atoms with E-state index in [0.717, 1.165) is 12.8 Å². The molecule has 1 heterocycles. The predicted molar refractivity (Wildman–Crippen MR) is 71.3 cm³/mol. The quantitative estimate of drug-likeness (QED) is 0.776. The van der Waals surface area contributed by atoms with Crippen LogP contribution in [-0.2, 0) is 21.2 Å². The fourth-order valence-electron chi connectivity index (χ4n) is 2.28. The largest absolute Gasteiger partial charge is 0.397 e. The number of carbonyl (C=O) groups is 1. The van der Waals surface area contributed by atoms with Crippen molar-refractivity contribution in [2.24, 2.45) is 0 Å². The van der Waals surface area contributed by atoms with Gasteiger partial charge < -0.3 is 10.6 Å². The Hall–Kier alpha value is -1.60. The van der Waals surface area contributed by atoms with Crippen LogP contribution < -0.4 is 15.4 Å². The van der Waals surface area contributed by atoms with Crippen LogP contribution in [0, 0.1) is 0 Å². The van der Waals surface area contributed by atoms with E-state index in [4.69, 9.17) is 5.73 Å². The van der Waals surface area contributed by atoms with Crippen LogP contribution in [0.15, 0.2) is 17.0 Å². The second kappa shape index (κ2) is 3.94. The molecule has 7 heteroatoms. The van der Waals surface area contributed by atoms with Crippen molar-refractivity contribution in [3.8, 4) is 0 Å². The van der Waals surface area contributed by atoms with E-state index >= 15 is 0 Å². The van der Waals surface area contributed by atoms with Gasteiger partial charge in [-0.2, -0.15) is 0 Å². The second-order valence-electron chi connectivity index (χ2n) is 5.05. The van der Waals surface area contributed by atoms with Crippen LogP contribution in [0.25, 0.3) is 0 Å². The average molecular weight is 281 g/mol. The summed E-state index contributed by atoms with van der Waals surface area (Å²) in [6.45, 7) is 0. The number of carbonyl (C=O) groups excluding carboxylic acids is 1. The van der Waals surface area contributed by atoms with Crippen molar-refractivity contribution in [1.29, 1.82) is 0 Å². The summed E-state index contributed by atoms with van der Waals surface area (Å²) in [6.07, 6.45) is 1.95. The number of hydrogen-bond donors (Lipinski definition) is 2. The van der Waals surface area contributed by atoms with Crippen molar-refractivity contribution in [3.05, 3.63) is 17.7 Å². The van der Waals surface area contributed by atoms with E-state index in [1.54, 1.807) is 7.05 Å². The third kappa shape index (κ3) is 2.08. The highest BCUT2D eigenvalue weighted by Crippen LogP contribution is 2.36. The number of nitrogens with one attached hydrogen (secondary N) is 1. The summed E-state index contributed by atoms with van der Waals surface area (Å²) in [5, 5.41) is 0. The number of anilines is 2. The van der Waals surface area contributed by atoms with Crippen molar-refractivity contribution in [3.63, 3.8) is 0 Å². The van der Waals surface area contributed by atoms with Crippen LogP contribution in [0.1, 0.15) is 18.4 Å². The van der Waals surface area contributed by atoms with Crippen LogP contribution >= 0.6 is 0 Å². The number of benzene rings is 1. The predicted octanol–water partition coefficient (Wildman–Crippen LogP) is 0.228. The summed E-state index contributed by atoms with van der Waals surface area (Å²) in [5.74, 6) is -0.0774. The molecule has 0 radical (unpaired) electrons. The number of rotatable bonds is 3. The standard InChI is InChI=1S/C12H15N3O3S/c1-15-11(16)5-7-4-9(6-10(13)12(7)15)19(17,18)14-8-2-3-8/h4,6,8,14H,2-3,5,13H2,1H3. The Labute approximate surface area is 111 Å². The lowest BCUT2D eigenvalue weighted by Crippen LogP contribution is -2.26. The van der Waals surface area contributed by atoms with Crippen LogP contribution in [0.2, 0.25) is 0 Å². The molecule has 1 aromatic rings. The van der Waals surface area contributed by atoms with Gasteiger partial charge in [0, 0.05) is 13.1 Å². The number of nitrogens with two attached hydrogens (primary N) is 1. The van der Waals surface area contributed by atoms with E-state index < -0.39 is 10.0 Å². The summed E-state index contributed by atoms with van der Waals surface area (Å²) in [7, 11) is -1.90. The molecule has 3 rings (SSSR count). The Balaban J connectivity index is 2.04. The fourth-order valence-corrected chi connectivity index (χ4v) is 3.67. The topological polar surface area (TPSA) is 92.5 Å². The van der Waals surface area contributed by atoms with Crippen LogP contribution in [-0.4, -0.2) is 27.4 Å². The average Bonchev–Trinajstić information content (AvgIpc) is 3.05. The van der Waals surface area contributed by atoms with Gasteiger partial charge in [-0.05, 0) is 30.5 Å². The van der Waals surface area contributed by atoms with Crippen molar-refractivity contribution in [1.82, 2.24) is 4.72 Å². The summed E-state index contributed by atoms with van der Waals surface area (Å²) < 4.78 is 26.9. The van der Waals surface area contributed by atoms with Gasteiger partial charge in [0.1, 0.15) is 0 Å². The zero-order valence-corrected chi connectivity index (χ0v) is 11.3. The molecule has 1 amide bonds. The van der Waals surface area contributed by atoms with Gasteiger partial charge in [-0.3, -0.25) is 4.79 Å². The van der Waals surface area contributed by atoms with E-state index in [2.05, 4.69) is 4.72 Å². The smallest absolute Gasteiger partial charge is 0.240 e. The highest BCUT2D eigenvalue weighted by Gasteiger charge is 2.31. The highest BCUT2D eigenvalue weighted by molar-refractivity contribution is 7.89. The Morgan fingerprint density at radius 2 is 2.05 bits per heavy atom. The molecular weight excluding hydrogens is 266 g/mol. The number of nitrogens with zero attached hydrogens (tertiary/aromatic N) is 1. The zero-order valence-electron chi connectivity index (χ0n) is 10.5. The fraction of sp³-hybridized carbons (Fsp3) is 0.417. The summed E-state index contributed by atoms with van der Waals surface area (Å²) in [4.78, 5) is 13.2. The SMILES string of the molecule is CN1C(=O)Cc2cc(S(=O)(=O)NC3CC3)cc(N)c21. The molecule has 102 valence electrons. The van der Waals surface area contributed by atoms with Crippen molar-refractivity contribution in [2.75, 3.05) is 17.7 Å². The second-order valence-corrected chi connectivity index (χ2v) is 6.76. The molecule has 0 aromatic heterocycles. The Kier molecular flexibility index (Phi) is 2.58. The summed E-state index contributed by atoms with van der Waals surface area (Å²) in [6, 6.07) is 3.00. The molecule has 1 aliphatic carbocycles. The van der Waals surface area contributed by atoms with Gasteiger partial charge in [-0.15, -0.1) is 0 Å². The number of fused-ring (bicyclic) bond motifs is 1. The molecule has 3 N–H and O–H groups in total. The van der Waals surface area contributed by atoms with Gasteiger partial charge in [-0.1, -0.05) is 0 Å². The number of sulfonamides is 1. The van der Waals surface area contributed by atoms with Gasteiger partial charge in [0.05, 0.1) is 22.7 Å². The lowest BCUT2D eigenvalue weighted by molar-refractivity contribution is -0.117. The lowest BCUT2D eigenvalue weighted by Gasteiger charge is -2.14. The molecule has 0 spiro atoms. The normalized spacial score (nSPS) is 18.8. The van der Waals surface area contributed by atoms with Crippen molar-refractivity contribution < 1.29 is 13.2 Å². The Morgan fingerprint density at radius 3 is 2.68 bits per heavy atom. The first kappa shape index (κ1) is 12.4. The molecule has 2 aliphatic rings. The van der Waals surface area contributed by atoms with Gasteiger partial charge in [0.25, 0.3) is 0 Å². The maximum Gasteiger partial charge on any atom is 0.240 e. The molecule has 1 fully saturated rings. The summed E-state index contributed by atoms with van der Waals surface area (Å²) >= 11 is 0. The van der Waals surface area contributed by atoms with Gasteiger partial charge >= 0.3 is 0 Å². The van der Waals surface area contributed by atoms with Gasteiger partial charge in [0.15, 0.2) is 0 Å². The number of nitrogen functional groups attached to an aromatic ring is 1. The number of amides is 1. The maximum absolute atomic E-state index is 12.1. The van der Waals surface area contributed by atoms with E-state index in [-0.39, 0.29) is 23.3 Å². The molecule has 1 aromatic carbocycles. The first-order chi connectivity index (χ1) is 8.88. The monoisotopic (exact) mass is 281 g/mol. The minimum absolute atomic E-state index is 0.0452. The van der Waals surface area contributed by atoms with E-state index in [1.165, 1.54) is 17.0 Å². The number of likely N-dealkylation sites (N-methyl/N-ethyl adjacent to an activating group) is 1. The Bertz CT molecular complexity index is 665. The molecule has 0 saturated heterocycles. The molecule has 0 atom stereocenters. The minimum atomic E-state index is -3.54. The van der Waals surface area contributed by atoms with E-state index in [0.29, 0.717) is 16.9 Å². The third-order valence-electron chi connectivity index (χ3n) is 3.45. The van der Waals surface area contributed by atoms with E-state index in [9.17, 15) is 13.2 Å². The molecule has 6 nitrogen and oxygen atoms in total. The van der Waals surface area contributed by atoms with Gasteiger partial charge in [-0.25, -0.2) is 13.1 Å². The van der Waals surface area contributed by atoms with Crippen LogP contribution in [0.4, 0.5) is 11.4 Å². The first-order valence-electron chi connectivity index (χ1n) is 6.10. The van der Waals surface area contributed by atoms with Crippen molar-refractivity contribution in [2.45, 2.75) is 30.2 Å². The highest BCUT2D eigenvalue weighted by atomic mass is 32.2. The first-order valence-corrected chi connectivity index (χ1v) is 7.58. The van der Waals surface area contributed by atoms with Crippen LogP contribution in [0.5, 0.6) is 0 Å². The Morgan fingerprint density at radius 1 is 1.37 bits per heavy atom. The van der Waals surface area contributed by atoms with Crippen molar-refractivity contribution >= 4 is 27.3 Å². The van der Waals surface area contributed by atoms with E-state index in [1.807, 2.05) is 0 Å². The summed E-state index contributed by atoms with van der Waals surface area (Å²) in [5.41, 5.74) is 7.49. The molecule has 19 heavy (non-hydrogen) atoms. The number of hydrogen-bond acceptors (Lipinski definition) is 4.